The highest BCUT2D eigenvalue weighted by Crippen LogP contribution is 2.41. The second kappa shape index (κ2) is 4.85. The Bertz CT molecular complexity index is 453. The van der Waals surface area contributed by atoms with E-state index in [1.165, 1.54) is 0 Å². The predicted molar refractivity (Wildman–Crippen MR) is 69.9 cm³/mol. The fourth-order valence-corrected chi connectivity index (χ4v) is 3.33. The van der Waals surface area contributed by atoms with E-state index in [1.807, 2.05) is 25.6 Å². The fourth-order valence-electron chi connectivity index (χ4n) is 3.33. The van der Waals surface area contributed by atoms with Crippen LogP contribution in [0.2, 0.25) is 0 Å². The van der Waals surface area contributed by atoms with Crippen LogP contribution in [0.25, 0.3) is 0 Å². The lowest BCUT2D eigenvalue weighted by Crippen LogP contribution is -2.48. The molecule has 2 aliphatic rings. The molecule has 1 saturated heterocycles. The minimum Gasteiger partial charge on any atom is -0.347 e. The number of aromatic nitrogens is 3. The van der Waals surface area contributed by atoms with Gasteiger partial charge in [0, 0.05) is 18.9 Å². The Balaban J connectivity index is 1.88. The first-order chi connectivity index (χ1) is 9.13. The van der Waals surface area contributed by atoms with Crippen molar-refractivity contribution >= 4 is 0 Å². The summed E-state index contributed by atoms with van der Waals surface area (Å²) >= 11 is 0. The van der Waals surface area contributed by atoms with E-state index < -0.39 is 5.79 Å². The Morgan fingerprint density at radius 2 is 2.05 bits per heavy atom. The Hall–Kier alpha value is -0.980. The first-order valence-corrected chi connectivity index (χ1v) is 6.98. The number of hydrogen-bond donors (Lipinski definition) is 1. The van der Waals surface area contributed by atoms with E-state index in [9.17, 15) is 0 Å². The van der Waals surface area contributed by atoms with E-state index >= 15 is 0 Å². The van der Waals surface area contributed by atoms with Crippen molar-refractivity contribution in [2.45, 2.75) is 51.0 Å². The molecule has 2 heterocycles. The van der Waals surface area contributed by atoms with E-state index in [-0.39, 0.29) is 6.04 Å². The van der Waals surface area contributed by atoms with Gasteiger partial charge in [-0.3, -0.25) is 0 Å². The van der Waals surface area contributed by atoms with Gasteiger partial charge >= 0.3 is 0 Å². The van der Waals surface area contributed by atoms with E-state index in [0.29, 0.717) is 19.3 Å². The summed E-state index contributed by atoms with van der Waals surface area (Å²) in [6, 6.07) is 0.622. The molecule has 3 rings (SSSR count). The van der Waals surface area contributed by atoms with Gasteiger partial charge in [0.25, 0.3) is 0 Å². The second-order valence-corrected chi connectivity index (χ2v) is 5.46. The minimum atomic E-state index is -0.399. The Morgan fingerprint density at radius 3 is 2.63 bits per heavy atom. The van der Waals surface area contributed by atoms with E-state index in [0.717, 1.165) is 30.9 Å². The molecule has 1 N–H and O–H groups in total. The molecule has 0 aromatic carbocycles. The molecular weight excluding hydrogens is 244 g/mol. The largest absolute Gasteiger partial charge is 0.347 e. The second-order valence-electron chi connectivity index (χ2n) is 5.46. The molecule has 1 aliphatic heterocycles. The SMILES string of the molecule is CNC1CCC2(CC1n1nc(C)nc1C)OCCO2. The lowest BCUT2D eigenvalue weighted by atomic mass is 9.85. The van der Waals surface area contributed by atoms with Crippen LogP contribution in [-0.2, 0) is 9.47 Å². The molecule has 1 saturated carbocycles. The van der Waals surface area contributed by atoms with Crippen molar-refractivity contribution in [2.75, 3.05) is 20.3 Å². The van der Waals surface area contributed by atoms with Crippen LogP contribution in [-0.4, -0.2) is 46.9 Å². The van der Waals surface area contributed by atoms with Gasteiger partial charge in [-0.05, 0) is 27.3 Å². The first-order valence-electron chi connectivity index (χ1n) is 6.98. The molecule has 0 amide bonds. The average molecular weight is 266 g/mol. The molecule has 106 valence electrons. The molecule has 6 heteroatoms. The van der Waals surface area contributed by atoms with Crippen molar-refractivity contribution in [1.82, 2.24) is 20.1 Å². The van der Waals surface area contributed by atoms with E-state index in [4.69, 9.17) is 9.47 Å². The Labute approximate surface area is 113 Å². The van der Waals surface area contributed by atoms with Crippen LogP contribution in [0, 0.1) is 13.8 Å². The van der Waals surface area contributed by atoms with Crippen LogP contribution >= 0.6 is 0 Å². The third kappa shape index (κ3) is 2.28. The molecule has 0 bridgehead atoms. The molecule has 1 aromatic rings. The third-order valence-electron chi connectivity index (χ3n) is 4.23. The highest BCUT2D eigenvalue weighted by Gasteiger charge is 2.46. The summed E-state index contributed by atoms with van der Waals surface area (Å²) < 4.78 is 13.8. The van der Waals surface area contributed by atoms with Gasteiger partial charge in [0.05, 0.1) is 19.3 Å². The molecule has 1 spiro atoms. The molecule has 6 nitrogen and oxygen atoms in total. The Morgan fingerprint density at radius 1 is 1.32 bits per heavy atom. The molecule has 19 heavy (non-hydrogen) atoms. The summed E-state index contributed by atoms with van der Waals surface area (Å²) in [5.74, 6) is 1.38. The van der Waals surface area contributed by atoms with Crippen LogP contribution in [0.3, 0.4) is 0 Å². The smallest absolute Gasteiger partial charge is 0.170 e. The summed E-state index contributed by atoms with van der Waals surface area (Å²) in [6.45, 7) is 5.34. The molecule has 0 radical (unpaired) electrons. The molecule has 2 fully saturated rings. The maximum Gasteiger partial charge on any atom is 0.170 e. The zero-order valence-corrected chi connectivity index (χ0v) is 11.8. The fraction of sp³-hybridized carbons (Fsp3) is 0.846. The number of likely N-dealkylation sites (N-methyl/N-ethyl adjacent to an activating group) is 1. The van der Waals surface area contributed by atoms with Gasteiger partial charge in [-0.1, -0.05) is 0 Å². The summed E-state index contributed by atoms with van der Waals surface area (Å²) in [4.78, 5) is 4.41. The predicted octanol–water partition coefficient (Wildman–Crippen LogP) is 0.951. The van der Waals surface area contributed by atoms with E-state index in [2.05, 4.69) is 15.4 Å². The van der Waals surface area contributed by atoms with Gasteiger partial charge < -0.3 is 14.8 Å². The lowest BCUT2D eigenvalue weighted by molar-refractivity contribution is -0.189. The topological polar surface area (TPSA) is 61.2 Å². The number of nitrogens with zero attached hydrogens (tertiary/aromatic N) is 3. The number of ether oxygens (including phenoxy) is 2. The van der Waals surface area contributed by atoms with Crippen molar-refractivity contribution < 1.29 is 9.47 Å². The number of aryl methyl sites for hydroxylation is 2. The Kier molecular flexibility index (Phi) is 3.32. The monoisotopic (exact) mass is 266 g/mol. The maximum atomic E-state index is 5.86. The average Bonchev–Trinajstić information content (AvgIpc) is 2.97. The van der Waals surface area contributed by atoms with Crippen LogP contribution in [0.15, 0.2) is 0 Å². The lowest BCUT2D eigenvalue weighted by Gasteiger charge is -2.41. The molecule has 2 atom stereocenters. The third-order valence-corrected chi connectivity index (χ3v) is 4.23. The maximum absolute atomic E-state index is 5.86. The summed E-state index contributed by atoms with van der Waals surface area (Å²) in [5.41, 5.74) is 0. The van der Waals surface area contributed by atoms with Crippen LogP contribution < -0.4 is 5.32 Å². The van der Waals surface area contributed by atoms with Gasteiger partial charge in [-0.15, -0.1) is 0 Å². The van der Waals surface area contributed by atoms with Crippen molar-refractivity contribution in [3.63, 3.8) is 0 Å². The van der Waals surface area contributed by atoms with Crippen LogP contribution in [0.5, 0.6) is 0 Å². The number of hydrogen-bond acceptors (Lipinski definition) is 5. The van der Waals surface area contributed by atoms with Gasteiger partial charge in [0.1, 0.15) is 11.6 Å². The normalized spacial score (nSPS) is 30.1. The van der Waals surface area contributed by atoms with Gasteiger partial charge in [-0.2, -0.15) is 5.10 Å². The van der Waals surface area contributed by atoms with Gasteiger partial charge in [0.15, 0.2) is 5.79 Å². The zero-order valence-electron chi connectivity index (χ0n) is 11.8. The minimum absolute atomic E-state index is 0.234. The quantitative estimate of drug-likeness (QED) is 0.863. The standard InChI is InChI=1S/C13H22N4O2/c1-9-15-10(2)17(16-9)12-8-13(18-6-7-19-13)5-4-11(12)14-3/h11-12,14H,4-8H2,1-3H3. The highest BCUT2D eigenvalue weighted by molar-refractivity contribution is 4.99. The van der Waals surface area contributed by atoms with Crippen LogP contribution in [0.4, 0.5) is 0 Å². The summed E-state index contributed by atoms with van der Waals surface area (Å²) in [7, 11) is 2.01. The molecule has 1 aromatic heterocycles. The molecule has 2 unspecified atom stereocenters. The number of rotatable bonds is 2. The van der Waals surface area contributed by atoms with Crippen molar-refractivity contribution in [3.05, 3.63) is 11.6 Å². The highest BCUT2D eigenvalue weighted by atomic mass is 16.7. The van der Waals surface area contributed by atoms with Crippen molar-refractivity contribution in [1.29, 1.82) is 0 Å². The number of nitrogens with one attached hydrogen (secondary N) is 1. The first kappa shape index (κ1) is 13.0. The zero-order chi connectivity index (χ0) is 13.5. The van der Waals surface area contributed by atoms with E-state index in [1.54, 1.807) is 0 Å². The molecule has 1 aliphatic carbocycles. The van der Waals surface area contributed by atoms with Gasteiger partial charge in [-0.25, -0.2) is 9.67 Å². The summed E-state index contributed by atoms with van der Waals surface area (Å²) in [5, 5.41) is 7.94. The van der Waals surface area contributed by atoms with Crippen molar-refractivity contribution in [3.8, 4) is 0 Å². The van der Waals surface area contributed by atoms with Crippen molar-refractivity contribution in [2.24, 2.45) is 0 Å². The molecular formula is C13H22N4O2. The summed E-state index contributed by atoms with van der Waals surface area (Å²) in [6.07, 6.45) is 2.81. The van der Waals surface area contributed by atoms with Crippen LogP contribution in [0.1, 0.15) is 37.0 Å². The van der Waals surface area contributed by atoms with Gasteiger partial charge in [0.2, 0.25) is 0 Å².